The molecule has 1 aromatic rings. The number of aromatic carboxylic acids is 1. The lowest BCUT2D eigenvalue weighted by Gasteiger charge is -2.11. The maximum Gasteiger partial charge on any atom is 0.339 e. The molecule has 1 N–H and O–H groups in total. The molecule has 1 unspecified atom stereocenters. The lowest BCUT2D eigenvalue weighted by molar-refractivity contribution is 0.0691. The summed E-state index contributed by atoms with van der Waals surface area (Å²) in [6, 6.07) is 4.36. The number of hydrogen-bond donors (Lipinski definition) is 1. The number of carboxylic acid groups (broad SMARTS) is 1. The first-order valence-electron chi connectivity index (χ1n) is 4.20. The highest BCUT2D eigenvalue weighted by Crippen LogP contribution is 2.23. The van der Waals surface area contributed by atoms with Crippen LogP contribution < -0.4 is 4.74 Å². The quantitative estimate of drug-likeness (QED) is 0.803. The molecule has 0 amide bonds. The Balaban J connectivity index is 3.07. The van der Waals surface area contributed by atoms with Crippen molar-refractivity contribution in [1.82, 2.24) is 0 Å². The first kappa shape index (κ1) is 11.4. The highest BCUT2D eigenvalue weighted by Gasteiger charge is 2.13. The summed E-state index contributed by atoms with van der Waals surface area (Å²) >= 11 is 5.67. The molecule has 1 atom stereocenters. The molecule has 3 nitrogen and oxygen atoms in total. The first-order chi connectivity index (χ1) is 7.04. The van der Waals surface area contributed by atoms with Gasteiger partial charge in [0.2, 0.25) is 0 Å². The highest BCUT2D eigenvalue weighted by molar-refractivity contribution is 6.31. The van der Waals surface area contributed by atoms with Crippen molar-refractivity contribution in [2.24, 2.45) is 0 Å². The van der Waals surface area contributed by atoms with Crippen molar-refractivity contribution in [3.05, 3.63) is 28.8 Å². The molecule has 0 bridgehead atoms. The fraction of sp³-hybridized carbons (Fsp3) is 0.182. The second-order valence-electron chi connectivity index (χ2n) is 2.87. The van der Waals surface area contributed by atoms with Crippen LogP contribution in [0.4, 0.5) is 0 Å². The molecule has 0 aliphatic heterocycles. The van der Waals surface area contributed by atoms with E-state index < -0.39 is 12.1 Å². The molecule has 0 aliphatic carbocycles. The zero-order chi connectivity index (χ0) is 11.4. The maximum absolute atomic E-state index is 10.9. The van der Waals surface area contributed by atoms with E-state index in [1.807, 2.05) is 0 Å². The molecule has 4 heteroatoms. The van der Waals surface area contributed by atoms with Gasteiger partial charge in [0.25, 0.3) is 0 Å². The van der Waals surface area contributed by atoms with E-state index >= 15 is 0 Å². The van der Waals surface area contributed by atoms with Gasteiger partial charge >= 0.3 is 5.97 Å². The molecule has 78 valence electrons. The molecular formula is C11H9ClO3. The van der Waals surface area contributed by atoms with E-state index in [-0.39, 0.29) is 11.3 Å². The summed E-state index contributed by atoms with van der Waals surface area (Å²) in [5, 5.41) is 9.23. The van der Waals surface area contributed by atoms with Gasteiger partial charge in [0, 0.05) is 5.02 Å². The normalized spacial score (nSPS) is 11.5. The molecule has 0 saturated heterocycles. The largest absolute Gasteiger partial charge is 0.478 e. The van der Waals surface area contributed by atoms with E-state index in [9.17, 15) is 4.79 Å². The van der Waals surface area contributed by atoms with Crippen molar-refractivity contribution in [3.63, 3.8) is 0 Å². The minimum atomic E-state index is -1.10. The van der Waals surface area contributed by atoms with Gasteiger partial charge in [-0.2, -0.15) is 0 Å². The van der Waals surface area contributed by atoms with Crippen molar-refractivity contribution in [1.29, 1.82) is 0 Å². The monoisotopic (exact) mass is 224 g/mol. The van der Waals surface area contributed by atoms with Crippen LogP contribution in [0.3, 0.4) is 0 Å². The van der Waals surface area contributed by atoms with E-state index in [0.717, 1.165) is 0 Å². The zero-order valence-corrected chi connectivity index (χ0v) is 8.78. The van der Waals surface area contributed by atoms with Gasteiger partial charge < -0.3 is 9.84 Å². The Morgan fingerprint density at radius 1 is 1.67 bits per heavy atom. The van der Waals surface area contributed by atoms with E-state index in [4.69, 9.17) is 27.9 Å². The summed E-state index contributed by atoms with van der Waals surface area (Å²) in [6.45, 7) is 1.65. The second-order valence-corrected chi connectivity index (χ2v) is 3.31. The third kappa shape index (κ3) is 2.90. The number of terminal acetylenes is 1. The number of carboxylic acids is 1. The van der Waals surface area contributed by atoms with Gasteiger partial charge in [-0.05, 0) is 25.1 Å². The number of halogens is 1. The van der Waals surface area contributed by atoms with Gasteiger partial charge in [-0.1, -0.05) is 17.5 Å². The third-order valence-electron chi connectivity index (χ3n) is 1.71. The van der Waals surface area contributed by atoms with E-state index in [2.05, 4.69) is 5.92 Å². The fourth-order valence-electron chi connectivity index (χ4n) is 0.997. The van der Waals surface area contributed by atoms with Crippen LogP contribution in [0, 0.1) is 12.3 Å². The summed E-state index contributed by atoms with van der Waals surface area (Å²) in [5.74, 6) is 1.47. The van der Waals surface area contributed by atoms with E-state index in [1.54, 1.807) is 13.0 Å². The van der Waals surface area contributed by atoms with Crippen molar-refractivity contribution in [2.45, 2.75) is 13.0 Å². The van der Waals surface area contributed by atoms with Crippen LogP contribution in [0.2, 0.25) is 5.02 Å². The molecular weight excluding hydrogens is 216 g/mol. The fourth-order valence-corrected chi connectivity index (χ4v) is 1.17. The van der Waals surface area contributed by atoms with Gasteiger partial charge in [-0.3, -0.25) is 0 Å². The second kappa shape index (κ2) is 4.72. The van der Waals surface area contributed by atoms with Crippen LogP contribution in [0.5, 0.6) is 5.75 Å². The third-order valence-corrected chi connectivity index (χ3v) is 1.95. The van der Waals surface area contributed by atoms with E-state index in [1.165, 1.54) is 12.1 Å². The van der Waals surface area contributed by atoms with Crippen LogP contribution in [-0.2, 0) is 0 Å². The highest BCUT2D eigenvalue weighted by atomic mass is 35.5. The lowest BCUT2D eigenvalue weighted by atomic mass is 10.2. The molecule has 15 heavy (non-hydrogen) atoms. The molecule has 1 aromatic carbocycles. The number of ether oxygens (including phenoxy) is 1. The lowest BCUT2D eigenvalue weighted by Crippen LogP contribution is -2.11. The standard InChI is InChI=1S/C11H9ClO3/c1-3-7(2)15-10-5-4-8(12)6-9(10)11(13)14/h1,4-7H,2H3,(H,13,14). The van der Waals surface area contributed by atoms with Crippen LogP contribution in [0.15, 0.2) is 18.2 Å². The Morgan fingerprint density at radius 3 is 2.87 bits per heavy atom. The smallest absolute Gasteiger partial charge is 0.339 e. The van der Waals surface area contributed by atoms with Crippen LogP contribution in [-0.4, -0.2) is 17.2 Å². The molecule has 0 heterocycles. The van der Waals surface area contributed by atoms with Gasteiger partial charge in [0.1, 0.15) is 11.3 Å². The molecule has 1 rings (SSSR count). The van der Waals surface area contributed by atoms with Gasteiger partial charge in [0.05, 0.1) is 0 Å². The summed E-state index contributed by atoms with van der Waals surface area (Å²) in [5.41, 5.74) is 0.00426. The summed E-state index contributed by atoms with van der Waals surface area (Å²) in [6.07, 6.45) is 4.65. The minimum absolute atomic E-state index is 0.00426. The molecule has 0 aromatic heterocycles. The molecule has 0 saturated carbocycles. The predicted octanol–water partition coefficient (Wildman–Crippen LogP) is 2.44. The number of hydrogen-bond acceptors (Lipinski definition) is 2. The number of benzene rings is 1. The van der Waals surface area contributed by atoms with Crippen molar-refractivity contribution in [2.75, 3.05) is 0 Å². The van der Waals surface area contributed by atoms with Crippen molar-refractivity contribution in [3.8, 4) is 18.1 Å². The molecule has 0 radical (unpaired) electrons. The molecule has 0 spiro atoms. The average molecular weight is 225 g/mol. The number of rotatable bonds is 3. The first-order valence-corrected chi connectivity index (χ1v) is 4.58. The van der Waals surface area contributed by atoms with Gasteiger partial charge in [-0.15, -0.1) is 6.42 Å². The van der Waals surface area contributed by atoms with E-state index in [0.29, 0.717) is 5.02 Å². The minimum Gasteiger partial charge on any atom is -0.478 e. The summed E-state index contributed by atoms with van der Waals surface area (Å²) in [4.78, 5) is 10.9. The van der Waals surface area contributed by atoms with Crippen molar-refractivity contribution >= 4 is 17.6 Å². The summed E-state index contributed by atoms with van der Waals surface area (Å²) in [7, 11) is 0. The van der Waals surface area contributed by atoms with Gasteiger partial charge in [0.15, 0.2) is 6.10 Å². The Morgan fingerprint density at radius 2 is 2.33 bits per heavy atom. The predicted molar refractivity (Wildman–Crippen MR) is 57.3 cm³/mol. The van der Waals surface area contributed by atoms with Crippen LogP contribution >= 0.6 is 11.6 Å². The van der Waals surface area contributed by atoms with Crippen LogP contribution in [0.1, 0.15) is 17.3 Å². The van der Waals surface area contributed by atoms with Crippen LogP contribution in [0.25, 0.3) is 0 Å². The molecule has 0 aliphatic rings. The zero-order valence-electron chi connectivity index (χ0n) is 8.03. The maximum atomic E-state index is 10.9. The molecule has 0 fully saturated rings. The SMILES string of the molecule is C#CC(C)Oc1ccc(Cl)cc1C(=O)O. The average Bonchev–Trinajstić information content (AvgIpc) is 2.20. The summed E-state index contributed by atoms with van der Waals surface area (Å²) < 4.78 is 5.24. The van der Waals surface area contributed by atoms with Crippen molar-refractivity contribution < 1.29 is 14.6 Å². The Labute approximate surface area is 92.6 Å². The Kier molecular flexibility index (Phi) is 3.59. The number of carbonyl (C=O) groups is 1. The van der Waals surface area contributed by atoms with Gasteiger partial charge in [-0.25, -0.2) is 4.79 Å². The Bertz CT molecular complexity index is 420. The topological polar surface area (TPSA) is 46.5 Å². The Hall–Kier alpha value is -1.66.